The van der Waals surface area contributed by atoms with Gasteiger partial charge in [-0.2, -0.15) is 0 Å². The molecule has 22 heavy (non-hydrogen) atoms. The molecule has 1 heterocycles. The van der Waals surface area contributed by atoms with Gasteiger partial charge in [0.25, 0.3) is 0 Å². The van der Waals surface area contributed by atoms with Gasteiger partial charge in [-0.05, 0) is 53.9 Å². The highest BCUT2D eigenvalue weighted by Crippen LogP contribution is 2.29. The largest absolute Gasteiger partial charge is 0.256 e. The fraction of sp³-hybridized carbons (Fsp3) is 0.150. The third-order valence-corrected chi connectivity index (χ3v) is 3.65. The van der Waals surface area contributed by atoms with Crippen LogP contribution in [0.4, 0.5) is 4.39 Å². The Balaban J connectivity index is 2.20. The molecule has 2 aromatic carbocycles. The molecule has 0 saturated carbocycles. The third-order valence-electron chi connectivity index (χ3n) is 3.65. The Labute approximate surface area is 136 Å². The van der Waals surface area contributed by atoms with E-state index in [2.05, 4.69) is 4.98 Å². The summed E-state index contributed by atoms with van der Waals surface area (Å²) in [6.45, 7) is -0.720. The second kappa shape index (κ2) is 6.10. The zero-order chi connectivity index (χ0) is 18.9. The van der Waals surface area contributed by atoms with Crippen LogP contribution < -0.4 is 0 Å². The maximum Gasteiger partial charge on any atom is 0.123 e. The van der Waals surface area contributed by atoms with Gasteiger partial charge in [0.15, 0.2) is 0 Å². The molecule has 0 aliphatic heterocycles. The van der Waals surface area contributed by atoms with Gasteiger partial charge in [-0.1, -0.05) is 37.3 Å². The zero-order valence-corrected chi connectivity index (χ0v) is 12.2. The zero-order valence-electron chi connectivity index (χ0n) is 16.2. The molecular formula is C20H18FN. The standard InChI is InChI=1S/C20H18FN/c1-14-13-22-20(17-8-10-18(21)11-9-17)12-19(14)15(2)16-6-4-3-5-7-16/h3-13,15H,1-2H3/i1D3,15D. The van der Waals surface area contributed by atoms with Gasteiger partial charge < -0.3 is 0 Å². The Bertz CT molecular complexity index is 903. The molecule has 110 valence electrons. The number of pyridine rings is 1. The maximum atomic E-state index is 13.2. The first-order valence-corrected chi connectivity index (χ1v) is 7.02. The number of halogens is 1. The van der Waals surface area contributed by atoms with E-state index in [0.29, 0.717) is 22.4 Å². The van der Waals surface area contributed by atoms with Crippen molar-refractivity contribution in [3.05, 3.63) is 89.4 Å². The monoisotopic (exact) mass is 295 g/mol. The van der Waals surface area contributed by atoms with Gasteiger partial charge >= 0.3 is 0 Å². The van der Waals surface area contributed by atoms with E-state index >= 15 is 0 Å². The molecular weight excluding hydrogens is 273 g/mol. The number of aryl methyl sites for hydroxylation is 1. The second-order valence-corrected chi connectivity index (χ2v) is 5.11. The average molecular weight is 295 g/mol. The summed E-state index contributed by atoms with van der Waals surface area (Å²) in [7, 11) is 0. The van der Waals surface area contributed by atoms with E-state index in [1.807, 2.05) is 18.2 Å². The van der Waals surface area contributed by atoms with Crippen LogP contribution in [0.25, 0.3) is 11.3 Å². The summed E-state index contributed by atoms with van der Waals surface area (Å²) in [6, 6.07) is 16.5. The second-order valence-electron chi connectivity index (χ2n) is 5.11. The number of hydrogen-bond acceptors (Lipinski definition) is 1. The van der Waals surface area contributed by atoms with E-state index < -0.39 is 12.7 Å². The van der Waals surface area contributed by atoms with E-state index in [1.54, 1.807) is 37.3 Å². The summed E-state index contributed by atoms with van der Waals surface area (Å²) in [6.07, 6.45) is 1.30. The topological polar surface area (TPSA) is 12.9 Å². The SMILES string of the molecule is [2H]C([2H])([2H])c1cnc(-c2ccc(F)cc2)cc1C([2H])(C)c1ccccc1. The molecule has 0 aliphatic rings. The summed E-state index contributed by atoms with van der Waals surface area (Å²) >= 11 is 0. The minimum absolute atomic E-state index is 0.0460. The van der Waals surface area contributed by atoms with Crippen LogP contribution in [-0.4, -0.2) is 4.98 Å². The molecule has 3 aromatic rings. The lowest BCUT2D eigenvalue weighted by Gasteiger charge is -2.16. The highest BCUT2D eigenvalue weighted by Gasteiger charge is 2.12. The molecule has 2 heteroatoms. The van der Waals surface area contributed by atoms with Crippen LogP contribution >= 0.6 is 0 Å². The summed E-state index contributed by atoms with van der Waals surface area (Å²) in [5.41, 5.74) is 2.25. The molecule has 0 saturated heterocycles. The molecule has 0 bridgehead atoms. The molecule has 0 spiro atoms. The lowest BCUT2D eigenvalue weighted by atomic mass is 9.90. The van der Waals surface area contributed by atoms with Crippen molar-refractivity contribution in [2.75, 3.05) is 0 Å². The molecule has 1 aromatic heterocycles. The average Bonchev–Trinajstić information content (AvgIpc) is 2.62. The molecule has 0 amide bonds. The number of nitrogens with zero attached hydrogens (tertiary/aromatic N) is 1. The Morgan fingerprint density at radius 2 is 1.82 bits per heavy atom. The molecule has 0 radical (unpaired) electrons. The summed E-state index contributed by atoms with van der Waals surface area (Å²) in [4.78, 5) is 4.25. The number of rotatable bonds is 3. The normalized spacial score (nSPS) is 16.8. The van der Waals surface area contributed by atoms with Crippen LogP contribution in [-0.2, 0) is 0 Å². The lowest BCUT2D eigenvalue weighted by Crippen LogP contribution is -2.00. The van der Waals surface area contributed by atoms with Crippen molar-refractivity contribution >= 4 is 0 Å². The van der Waals surface area contributed by atoms with Gasteiger partial charge in [-0.3, -0.25) is 4.98 Å². The molecule has 3 rings (SSSR count). The maximum absolute atomic E-state index is 13.2. The minimum atomic E-state index is -2.39. The van der Waals surface area contributed by atoms with Crippen molar-refractivity contribution in [2.24, 2.45) is 0 Å². The van der Waals surface area contributed by atoms with Crippen LogP contribution in [0.1, 0.15) is 35.0 Å². The highest BCUT2D eigenvalue weighted by atomic mass is 19.1. The van der Waals surface area contributed by atoms with Crippen LogP contribution in [0.3, 0.4) is 0 Å². The van der Waals surface area contributed by atoms with Gasteiger partial charge in [0.2, 0.25) is 0 Å². The van der Waals surface area contributed by atoms with Gasteiger partial charge in [-0.15, -0.1) is 0 Å². The quantitative estimate of drug-likeness (QED) is 0.635. The fourth-order valence-electron chi connectivity index (χ4n) is 2.39. The third kappa shape index (κ3) is 2.91. The van der Waals surface area contributed by atoms with Crippen molar-refractivity contribution in [1.29, 1.82) is 0 Å². The molecule has 1 nitrogen and oxygen atoms in total. The van der Waals surface area contributed by atoms with Gasteiger partial charge in [0.05, 0.1) is 5.69 Å². The molecule has 1 unspecified atom stereocenters. The van der Waals surface area contributed by atoms with E-state index in [4.69, 9.17) is 5.48 Å². The van der Waals surface area contributed by atoms with Gasteiger partial charge in [0.1, 0.15) is 5.82 Å². The molecule has 0 fully saturated rings. The Kier molecular flexibility index (Phi) is 2.85. The number of benzene rings is 2. The number of aromatic nitrogens is 1. The van der Waals surface area contributed by atoms with Crippen LogP contribution in [0.2, 0.25) is 0 Å². The molecule has 0 aliphatic carbocycles. The van der Waals surface area contributed by atoms with Crippen LogP contribution in [0.15, 0.2) is 66.9 Å². The van der Waals surface area contributed by atoms with E-state index in [-0.39, 0.29) is 11.4 Å². The summed E-state index contributed by atoms with van der Waals surface area (Å²) in [5, 5.41) is 0. The van der Waals surface area contributed by atoms with E-state index in [0.717, 1.165) is 0 Å². The molecule has 1 atom stereocenters. The van der Waals surface area contributed by atoms with Gasteiger partial charge in [0, 0.05) is 23.1 Å². The van der Waals surface area contributed by atoms with Crippen molar-refractivity contribution in [3.8, 4) is 11.3 Å². The fourth-order valence-corrected chi connectivity index (χ4v) is 2.39. The Morgan fingerprint density at radius 3 is 2.50 bits per heavy atom. The highest BCUT2D eigenvalue weighted by molar-refractivity contribution is 5.61. The first-order valence-electron chi connectivity index (χ1n) is 9.02. The smallest absolute Gasteiger partial charge is 0.123 e. The van der Waals surface area contributed by atoms with Crippen LogP contribution in [0, 0.1) is 12.7 Å². The van der Waals surface area contributed by atoms with E-state index in [1.165, 1.54) is 18.3 Å². The van der Waals surface area contributed by atoms with E-state index in [9.17, 15) is 4.39 Å². The Hall–Kier alpha value is -2.48. The predicted molar refractivity (Wildman–Crippen MR) is 88.3 cm³/mol. The van der Waals surface area contributed by atoms with Crippen LogP contribution in [0.5, 0.6) is 0 Å². The van der Waals surface area contributed by atoms with Crippen molar-refractivity contribution < 1.29 is 9.87 Å². The Morgan fingerprint density at radius 1 is 1.09 bits per heavy atom. The van der Waals surface area contributed by atoms with Crippen molar-refractivity contribution in [3.63, 3.8) is 0 Å². The number of hydrogen-bond donors (Lipinski definition) is 0. The minimum Gasteiger partial charge on any atom is -0.256 e. The lowest BCUT2D eigenvalue weighted by molar-refractivity contribution is 0.628. The first-order chi connectivity index (χ1) is 12.2. The van der Waals surface area contributed by atoms with Crippen molar-refractivity contribution in [1.82, 2.24) is 4.98 Å². The van der Waals surface area contributed by atoms with Crippen molar-refractivity contribution in [2.45, 2.75) is 19.7 Å². The molecule has 0 N–H and O–H groups in total. The first kappa shape index (κ1) is 10.3. The van der Waals surface area contributed by atoms with Gasteiger partial charge in [-0.25, -0.2) is 4.39 Å². The predicted octanol–water partition coefficient (Wildman–Crippen LogP) is 5.35. The summed E-state index contributed by atoms with van der Waals surface area (Å²) < 4.78 is 45.5. The summed E-state index contributed by atoms with van der Waals surface area (Å²) in [5.74, 6) is -1.63.